The van der Waals surface area contributed by atoms with Gasteiger partial charge in [0.15, 0.2) is 0 Å². The van der Waals surface area contributed by atoms with Crippen LogP contribution < -0.4 is 0 Å². The van der Waals surface area contributed by atoms with Crippen LogP contribution in [-0.4, -0.2) is 27.8 Å². The van der Waals surface area contributed by atoms with Gasteiger partial charge in [0.2, 0.25) is 5.82 Å². The molecule has 5 heteroatoms. The second-order valence-electron chi connectivity index (χ2n) is 1.97. The first-order valence-corrected chi connectivity index (χ1v) is 3.37. The number of esters is 1. The number of H-pyrrole nitrogens is 1. The first-order chi connectivity index (χ1) is 5.34. The van der Waals surface area contributed by atoms with E-state index in [0.29, 0.717) is 6.61 Å². The lowest BCUT2D eigenvalue weighted by atomic mass is 10.5. The van der Waals surface area contributed by atoms with Gasteiger partial charge in [-0.05, 0) is 6.42 Å². The van der Waals surface area contributed by atoms with Crippen LogP contribution in [0.2, 0.25) is 0 Å². The molecular weight excluding hydrogens is 146 g/mol. The molecule has 0 unspecified atom stereocenters. The fourth-order valence-corrected chi connectivity index (χ4v) is 0.567. The topological polar surface area (TPSA) is 67.9 Å². The third kappa shape index (κ3) is 2.03. The second kappa shape index (κ2) is 3.70. The average molecular weight is 155 g/mol. The Labute approximate surface area is 63.8 Å². The van der Waals surface area contributed by atoms with Gasteiger partial charge in [0.05, 0.1) is 6.61 Å². The summed E-state index contributed by atoms with van der Waals surface area (Å²) < 4.78 is 4.76. The molecule has 11 heavy (non-hydrogen) atoms. The highest BCUT2D eigenvalue weighted by Crippen LogP contribution is 1.91. The Kier molecular flexibility index (Phi) is 2.59. The van der Waals surface area contributed by atoms with Gasteiger partial charge in [-0.15, -0.1) is 0 Å². The van der Waals surface area contributed by atoms with Crippen molar-refractivity contribution in [3.63, 3.8) is 0 Å². The summed E-state index contributed by atoms with van der Waals surface area (Å²) in [6, 6.07) is 0. The fraction of sp³-hybridized carbons (Fsp3) is 0.500. The molecule has 60 valence electrons. The lowest BCUT2D eigenvalue weighted by Gasteiger charge is -1.97. The highest BCUT2D eigenvalue weighted by Gasteiger charge is 2.08. The molecule has 1 heterocycles. The summed E-state index contributed by atoms with van der Waals surface area (Å²) in [5.74, 6) is -0.303. The zero-order valence-electron chi connectivity index (χ0n) is 6.20. The molecule has 0 saturated carbocycles. The van der Waals surface area contributed by atoms with E-state index >= 15 is 0 Å². The van der Waals surface area contributed by atoms with E-state index in [1.807, 2.05) is 6.92 Å². The predicted octanol–water partition coefficient (Wildman–Crippen LogP) is 0.371. The highest BCUT2D eigenvalue weighted by atomic mass is 16.5. The van der Waals surface area contributed by atoms with Crippen molar-refractivity contribution in [2.75, 3.05) is 6.61 Å². The van der Waals surface area contributed by atoms with Crippen molar-refractivity contribution in [1.29, 1.82) is 0 Å². The Morgan fingerprint density at radius 3 is 3.18 bits per heavy atom. The third-order valence-corrected chi connectivity index (χ3v) is 1.05. The van der Waals surface area contributed by atoms with Crippen molar-refractivity contribution < 1.29 is 9.53 Å². The molecule has 0 fully saturated rings. The van der Waals surface area contributed by atoms with Crippen molar-refractivity contribution in [2.45, 2.75) is 13.3 Å². The summed E-state index contributed by atoms with van der Waals surface area (Å²) in [4.78, 5) is 14.5. The third-order valence-electron chi connectivity index (χ3n) is 1.05. The monoisotopic (exact) mass is 155 g/mol. The zero-order chi connectivity index (χ0) is 8.10. The molecule has 1 aromatic heterocycles. The fourth-order valence-electron chi connectivity index (χ4n) is 0.567. The maximum atomic E-state index is 10.9. The van der Waals surface area contributed by atoms with Crippen molar-refractivity contribution in [3.8, 4) is 0 Å². The maximum Gasteiger partial charge on any atom is 0.375 e. The summed E-state index contributed by atoms with van der Waals surface area (Å²) in [5.41, 5.74) is 0. The molecule has 1 aromatic rings. The first-order valence-electron chi connectivity index (χ1n) is 3.37. The Balaban J connectivity index is 2.43. The molecule has 0 aliphatic carbocycles. The van der Waals surface area contributed by atoms with Crippen LogP contribution in [0.1, 0.15) is 24.0 Å². The molecule has 0 aromatic carbocycles. The number of aromatic nitrogens is 3. The average Bonchev–Trinajstić information content (AvgIpc) is 2.52. The first kappa shape index (κ1) is 7.71. The summed E-state index contributed by atoms with van der Waals surface area (Å²) in [6.07, 6.45) is 2.07. The van der Waals surface area contributed by atoms with E-state index in [1.165, 1.54) is 6.33 Å². The second-order valence-corrected chi connectivity index (χ2v) is 1.97. The molecule has 0 spiro atoms. The minimum absolute atomic E-state index is 0.151. The van der Waals surface area contributed by atoms with Gasteiger partial charge in [0.1, 0.15) is 6.33 Å². The van der Waals surface area contributed by atoms with E-state index < -0.39 is 5.97 Å². The predicted molar refractivity (Wildman–Crippen MR) is 37.0 cm³/mol. The Morgan fingerprint density at radius 1 is 1.82 bits per heavy atom. The van der Waals surface area contributed by atoms with Crippen LogP contribution in [0, 0.1) is 0 Å². The van der Waals surface area contributed by atoms with Gasteiger partial charge in [-0.2, -0.15) is 5.10 Å². The van der Waals surface area contributed by atoms with Crippen molar-refractivity contribution in [3.05, 3.63) is 12.2 Å². The van der Waals surface area contributed by atoms with E-state index in [1.54, 1.807) is 0 Å². The van der Waals surface area contributed by atoms with Gasteiger partial charge in [-0.3, -0.25) is 5.10 Å². The molecule has 0 amide bonds. The molecule has 0 aliphatic rings. The number of nitrogens with one attached hydrogen (secondary N) is 1. The van der Waals surface area contributed by atoms with Gasteiger partial charge < -0.3 is 4.74 Å². The van der Waals surface area contributed by atoms with Gasteiger partial charge in [-0.1, -0.05) is 6.92 Å². The zero-order valence-corrected chi connectivity index (χ0v) is 6.20. The molecule has 0 bridgehead atoms. The van der Waals surface area contributed by atoms with E-state index in [0.717, 1.165) is 6.42 Å². The van der Waals surface area contributed by atoms with Crippen LogP contribution in [0.25, 0.3) is 0 Å². The number of hydrogen-bond acceptors (Lipinski definition) is 4. The van der Waals surface area contributed by atoms with Crippen LogP contribution in [0.5, 0.6) is 0 Å². The lowest BCUT2D eigenvalue weighted by Crippen LogP contribution is -2.07. The van der Waals surface area contributed by atoms with E-state index in [2.05, 4.69) is 15.2 Å². The Hall–Kier alpha value is -1.39. The SMILES string of the molecule is CCCOC(=O)c1ncn[nH]1. The van der Waals surface area contributed by atoms with Gasteiger partial charge in [0, 0.05) is 0 Å². The van der Waals surface area contributed by atoms with Crippen molar-refractivity contribution >= 4 is 5.97 Å². The Bertz CT molecular complexity index is 220. The summed E-state index contributed by atoms with van der Waals surface area (Å²) in [7, 11) is 0. The van der Waals surface area contributed by atoms with Gasteiger partial charge in [-0.25, -0.2) is 9.78 Å². The molecule has 0 atom stereocenters. The van der Waals surface area contributed by atoms with Crippen LogP contribution >= 0.6 is 0 Å². The summed E-state index contributed by atoms with van der Waals surface area (Å²) >= 11 is 0. The van der Waals surface area contributed by atoms with Gasteiger partial charge in [0.25, 0.3) is 0 Å². The van der Waals surface area contributed by atoms with Crippen LogP contribution in [0.15, 0.2) is 6.33 Å². The van der Waals surface area contributed by atoms with E-state index in [4.69, 9.17) is 4.74 Å². The standard InChI is InChI=1S/C6H9N3O2/c1-2-3-11-6(10)5-7-4-8-9-5/h4H,2-3H2,1H3,(H,7,8,9). The van der Waals surface area contributed by atoms with Crippen LogP contribution in [0.3, 0.4) is 0 Å². The lowest BCUT2D eigenvalue weighted by molar-refractivity contribution is 0.0491. The number of nitrogens with zero attached hydrogens (tertiary/aromatic N) is 2. The smallest absolute Gasteiger partial charge is 0.375 e. The van der Waals surface area contributed by atoms with Crippen molar-refractivity contribution in [2.24, 2.45) is 0 Å². The maximum absolute atomic E-state index is 10.9. The number of rotatable bonds is 3. The molecule has 0 saturated heterocycles. The number of hydrogen-bond donors (Lipinski definition) is 1. The molecule has 1 rings (SSSR count). The van der Waals surface area contributed by atoms with E-state index in [9.17, 15) is 4.79 Å². The highest BCUT2D eigenvalue weighted by molar-refractivity contribution is 5.84. The summed E-state index contributed by atoms with van der Waals surface area (Å²) in [5, 5.41) is 5.92. The Morgan fingerprint density at radius 2 is 2.64 bits per heavy atom. The number of ether oxygens (including phenoxy) is 1. The largest absolute Gasteiger partial charge is 0.460 e. The number of carbonyl (C=O) groups excluding carboxylic acids is 1. The number of carbonyl (C=O) groups is 1. The molecule has 0 radical (unpaired) electrons. The molecular formula is C6H9N3O2. The normalized spacial score (nSPS) is 9.55. The van der Waals surface area contributed by atoms with Crippen molar-refractivity contribution in [1.82, 2.24) is 15.2 Å². The van der Waals surface area contributed by atoms with E-state index in [-0.39, 0.29) is 5.82 Å². The molecule has 0 aliphatic heterocycles. The summed E-state index contributed by atoms with van der Waals surface area (Å²) in [6.45, 7) is 2.34. The molecule has 5 nitrogen and oxygen atoms in total. The minimum atomic E-state index is -0.454. The van der Waals surface area contributed by atoms with Crippen LogP contribution in [0.4, 0.5) is 0 Å². The number of aromatic amines is 1. The minimum Gasteiger partial charge on any atom is -0.460 e. The van der Waals surface area contributed by atoms with Crippen LogP contribution in [-0.2, 0) is 4.74 Å². The van der Waals surface area contributed by atoms with Gasteiger partial charge >= 0.3 is 5.97 Å². The quantitative estimate of drug-likeness (QED) is 0.640. The molecule has 1 N–H and O–H groups in total.